The first-order chi connectivity index (χ1) is 7.15. The smallest absolute Gasteiger partial charge is 0.261 e. The van der Waals surface area contributed by atoms with Crippen LogP contribution in [-0.4, -0.2) is 31.8 Å². The Kier molecular flexibility index (Phi) is 4.45. The van der Waals surface area contributed by atoms with Crippen LogP contribution in [0.5, 0.6) is 0 Å². The molecule has 1 rings (SSSR count). The highest BCUT2D eigenvalue weighted by atomic mass is 32.1. The number of hydrogen-bond acceptors (Lipinski definition) is 4. The average Bonchev–Trinajstić information content (AvgIpc) is 2.66. The van der Waals surface area contributed by atoms with Crippen LogP contribution >= 0.6 is 11.3 Å². The van der Waals surface area contributed by atoms with Crippen LogP contribution in [0.2, 0.25) is 0 Å². The highest BCUT2D eigenvalue weighted by Crippen LogP contribution is 2.16. The van der Waals surface area contributed by atoms with Crippen molar-refractivity contribution in [3.05, 3.63) is 21.9 Å². The summed E-state index contributed by atoms with van der Waals surface area (Å²) in [4.78, 5) is 23.7. The van der Waals surface area contributed by atoms with Crippen molar-refractivity contribution in [3.8, 4) is 0 Å². The van der Waals surface area contributed by atoms with Crippen LogP contribution < -0.4 is 10.6 Å². The molecule has 15 heavy (non-hydrogen) atoms. The lowest BCUT2D eigenvalue weighted by Gasteiger charge is -2.01. The standard InChI is InChI=1S/C10H14N2O2S/c1-7(13)8-3-4-9(15-8)10(14)12-6-5-11-2/h3-4,11H,5-6H2,1-2H3,(H,12,14). The summed E-state index contributed by atoms with van der Waals surface area (Å²) < 4.78 is 0. The van der Waals surface area contributed by atoms with Gasteiger partial charge in [-0.1, -0.05) is 0 Å². The highest BCUT2D eigenvalue weighted by molar-refractivity contribution is 7.15. The van der Waals surface area contributed by atoms with Gasteiger partial charge in [-0.15, -0.1) is 11.3 Å². The number of amides is 1. The number of Topliss-reactive ketones (excluding diaryl/α,β-unsaturated/α-hetero) is 1. The minimum absolute atomic E-state index is 0.00530. The van der Waals surface area contributed by atoms with Gasteiger partial charge in [0.2, 0.25) is 0 Å². The van der Waals surface area contributed by atoms with Crippen LogP contribution in [0, 0.1) is 0 Å². The monoisotopic (exact) mass is 226 g/mol. The number of carbonyl (C=O) groups excluding carboxylic acids is 2. The minimum atomic E-state index is -0.122. The number of ketones is 1. The Bertz CT molecular complexity index is 360. The molecule has 0 atom stereocenters. The van der Waals surface area contributed by atoms with Gasteiger partial charge in [-0.2, -0.15) is 0 Å². The normalized spacial score (nSPS) is 10.0. The maximum atomic E-state index is 11.5. The Labute approximate surface area is 92.7 Å². The molecular weight excluding hydrogens is 212 g/mol. The van der Waals surface area contributed by atoms with Gasteiger partial charge in [0, 0.05) is 13.1 Å². The molecule has 1 heterocycles. The van der Waals surface area contributed by atoms with Crippen LogP contribution in [0.25, 0.3) is 0 Å². The fraction of sp³-hybridized carbons (Fsp3) is 0.400. The van der Waals surface area contributed by atoms with Crippen LogP contribution in [-0.2, 0) is 0 Å². The van der Waals surface area contributed by atoms with E-state index in [2.05, 4.69) is 10.6 Å². The molecule has 0 aromatic carbocycles. The first kappa shape index (κ1) is 11.9. The van der Waals surface area contributed by atoms with Crippen molar-refractivity contribution in [2.45, 2.75) is 6.92 Å². The van der Waals surface area contributed by atoms with Crippen molar-refractivity contribution in [1.82, 2.24) is 10.6 Å². The SMILES string of the molecule is CNCCNC(=O)c1ccc(C(C)=O)s1. The Morgan fingerprint density at radius 1 is 1.27 bits per heavy atom. The molecule has 0 bridgehead atoms. The van der Waals surface area contributed by atoms with E-state index in [1.54, 1.807) is 12.1 Å². The first-order valence-electron chi connectivity index (χ1n) is 4.68. The van der Waals surface area contributed by atoms with Crippen molar-refractivity contribution in [3.63, 3.8) is 0 Å². The van der Waals surface area contributed by atoms with Crippen LogP contribution in [0.4, 0.5) is 0 Å². The van der Waals surface area contributed by atoms with E-state index in [1.807, 2.05) is 7.05 Å². The van der Waals surface area contributed by atoms with Crippen molar-refractivity contribution in [2.75, 3.05) is 20.1 Å². The third-order valence-electron chi connectivity index (χ3n) is 1.84. The number of hydrogen-bond donors (Lipinski definition) is 2. The molecule has 0 saturated carbocycles. The Hall–Kier alpha value is -1.20. The second kappa shape index (κ2) is 5.63. The lowest BCUT2D eigenvalue weighted by Crippen LogP contribution is -2.29. The number of thiophene rings is 1. The van der Waals surface area contributed by atoms with E-state index >= 15 is 0 Å². The molecule has 1 amide bonds. The number of rotatable bonds is 5. The lowest BCUT2D eigenvalue weighted by molar-refractivity contribution is 0.0957. The molecule has 0 spiro atoms. The third-order valence-corrected chi connectivity index (χ3v) is 3.02. The van der Waals surface area contributed by atoms with E-state index in [0.717, 1.165) is 6.54 Å². The van der Waals surface area contributed by atoms with Gasteiger partial charge in [0.1, 0.15) is 0 Å². The van der Waals surface area contributed by atoms with E-state index in [1.165, 1.54) is 18.3 Å². The summed E-state index contributed by atoms with van der Waals surface area (Å²) in [5.41, 5.74) is 0. The molecule has 0 fully saturated rings. The predicted octanol–water partition coefficient (Wildman–Crippen LogP) is 0.900. The fourth-order valence-electron chi connectivity index (χ4n) is 1.04. The zero-order chi connectivity index (χ0) is 11.3. The summed E-state index contributed by atoms with van der Waals surface area (Å²) in [5, 5.41) is 5.68. The Balaban J connectivity index is 2.54. The van der Waals surface area contributed by atoms with Gasteiger partial charge in [-0.05, 0) is 26.1 Å². The molecule has 1 aromatic rings. The maximum absolute atomic E-state index is 11.5. The maximum Gasteiger partial charge on any atom is 0.261 e. The molecule has 2 N–H and O–H groups in total. The van der Waals surface area contributed by atoms with E-state index in [-0.39, 0.29) is 11.7 Å². The summed E-state index contributed by atoms with van der Waals surface area (Å²) in [7, 11) is 1.82. The number of carbonyl (C=O) groups is 2. The Morgan fingerprint density at radius 3 is 2.47 bits per heavy atom. The molecule has 0 aliphatic heterocycles. The molecule has 0 unspecified atom stereocenters. The lowest BCUT2D eigenvalue weighted by atomic mass is 10.3. The molecule has 5 heteroatoms. The van der Waals surface area contributed by atoms with E-state index < -0.39 is 0 Å². The van der Waals surface area contributed by atoms with E-state index in [4.69, 9.17) is 0 Å². The molecular formula is C10H14N2O2S. The molecule has 0 aliphatic rings. The number of nitrogens with one attached hydrogen (secondary N) is 2. The van der Waals surface area contributed by atoms with Gasteiger partial charge >= 0.3 is 0 Å². The highest BCUT2D eigenvalue weighted by Gasteiger charge is 2.10. The van der Waals surface area contributed by atoms with Crippen LogP contribution in [0.15, 0.2) is 12.1 Å². The van der Waals surface area contributed by atoms with Gasteiger partial charge in [0.15, 0.2) is 5.78 Å². The molecule has 1 aromatic heterocycles. The summed E-state index contributed by atoms with van der Waals surface area (Å²) in [6, 6.07) is 3.36. The van der Waals surface area contributed by atoms with Crippen molar-refractivity contribution in [2.24, 2.45) is 0 Å². The quantitative estimate of drug-likeness (QED) is 0.579. The van der Waals surface area contributed by atoms with Gasteiger partial charge < -0.3 is 10.6 Å². The minimum Gasteiger partial charge on any atom is -0.350 e. The average molecular weight is 226 g/mol. The van der Waals surface area contributed by atoms with E-state index in [0.29, 0.717) is 16.3 Å². The van der Waals surface area contributed by atoms with E-state index in [9.17, 15) is 9.59 Å². The molecule has 0 aliphatic carbocycles. The van der Waals surface area contributed by atoms with Crippen LogP contribution in [0.1, 0.15) is 26.3 Å². The molecule has 4 nitrogen and oxygen atoms in total. The van der Waals surface area contributed by atoms with Crippen molar-refractivity contribution < 1.29 is 9.59 Å². The zero-order valence-electron chi connectivity index (χ0n) is 8.79. The fourth-order valence-corrected chi connectivity index (χ4v) is 1.85. The van der Waals surface area contributed by atoms with Gasteiger partial charge in [-0.3, -0.25) is 9.59 Å². The first-order valence-corrected chi connectivity index (χ1v) is 5.50. The zero-order valence-corrected chi connectivity index (χ0v) is 9.61. The topological polar surface area (TPSA) is 58.2 Å². The molecule has 0 saturated heterocycles. The predicted molar refractivity (Wildman–Crippen MR) is 60.6 cm³/mol. The largest absolute Gasteiger partial charge is 0.350 e. The van der Waals surface area contributed by atoms with Crippen LogP contribution in [0.3, 0.4) is 0 Å². The molecule has 82 valence electrons. The number of likely N-dealkylation sites (N-methyl/N-ethyl adjacent to an activating group) is 1. The summed E-state index contributed by atoms with van der Waals surface area (Å²) >= 11 is 1.23. The second-order valence-electron chi connectivity index (χ2n) is 3.08. The van der Waals surface area contributed by atoms with Crippen molar-refractivity contribution >= 4 is 23.0 Å². The van der Waals surface area contributed by atoms with Gasteiger partial charge in [0.25, 0.3) is 5.91 Å². The summed E-state index contributed by atoms with van der Waals surface area (Å²) in [6.07, 6.45) is 0. The molecule has 0 radical (unpaired) electrons. The van der Waals surface area contributed by atoms with Crippen molar-refractivity contribution in [1.29, 1.82) is 0 Å². The van der Waals surface area contributed by atoms with Gasteiger partial charge in [0.05, 0.1) is 9.75 Å². The van der Waals surface area contributed by atoms with Gasteiger partial charge in [-0.25, -0.2) is 0 Å². The summed E-state index contributed by atoms with van der Waals surface area (Å²) in [5.74, 6) is -0.128. The Morgan fingerprint density at radius 2 is 1.93 bits per heavy atom. The second-order valence-corrected chi connectivity index (χ2v) is 4.16. The third kappa shape index (κ3) is 3.45. The summed E-state index contributed by atoms with van der Waals surface area (Å²) in [6.45, 7) is 2.81.